The Hall–Kier alpha value is -4.38. The van der Waals surface area contributed by atoms with Crippen molar-refractivity contribution in [3.05, 3.63) is 64.3 Å². The van der Waals surface area contributed by atoms with Crippen molar-refractivity contribution >= 4 is 39.8 Å². The first-order valence-corrected chi connectivity index (χ1v) is 15.9. The Morgan fingerprint density at radius 3 is 2.64 bits per heavy atom. The van der Waals surface area contributed by atoms with Gasteiger partial charge in [0.05, 0.1) is 35.8 Å². The van der Waals surface area contributed by atoms with Crippen molar-refractivity contribution in [3.8, 4) is 18.1 Å². The number of halogens is 1. The number of likely N-dealkylation sites (tertiary alicyclic amines) is 1. The molecule has 0 saturated carbocycles. The zero-order valence-electron chi connectivity index (χ0n) is 25.7. The first kappa shape index (κ1) is 30.6. The van der Waals surface area contributed by atoms with Crippen LogP contribution in [0.2, 0.25) is 5.02 Å². The molecular weight excluding hydrogens is 588 g/mol. The molecule has 0 spiro atoms. The molecule has 232 valence electrons. The van der Waals surface area contributed by atoms with Crippen LogP contribution in [0.5, 0.6) is 6.01 Å². The van der Waals surface area contributed by atoms with Gasteiger partial charge in [-0.05, 0) is 57.3 Å². The molecule has 4 heterocycles. The smallest absolute Gasteiger partial charge is 0.318 e. The summed E-state index contributed by atoms with van der Waals surface area (Å²) >= 11 is 6.71. The zero-order chi connectivity index (χ0) is 31.5. The molecule has 1 amide bonds. The molecule has 0 bridgehead atoms. The van der Waals surface area contributed by atoms with Crippen LogP contribution in [0.25, 0.3) is 10.8 Å². The molecule has 0 N–H and O–H groups in total. The summed E-state index contributed by atoms with van der Waals surface area (Å²) < 4.78 is 6.29. The van der Waals surface area contributed by atoms with E-state index >= 15 is 0 Å². The van der Waals surface area contributed by atoms with Crippen molar-refractivity contribution < 1.29 is 9.53 Å². The van der Waals surface area contributed by atoms with Crippen LogP contribution in [0.4, 0.5) is 11.5 Å². The van der Waals surface area contributed by atoms with Crippen molar-refractivity contribution in [1.82, 2.24) is 19.8 Å². The molecule has 1 aromatic heterocycles. The van der Waals surface area contributed by atoms with Gasteiger partial charge in [0.2, 0.25) is 0 Å². The summed E-state index contributed by atoms with van der Waals surface area (Å²) in [6.07, 6.45) is 4.63. The van der Waals surface area contributed by atoms with Gasteiger partial charge in [-0.2, -0.15) is 20.5 Å². The Balaban J connectivity index is 1.33. The first-order chi connectivity index (χ1) is 21.9. The second-order valence-corrected chi connectivity index (χ2v) is 12.3. The number of benzene rings is 2. The number of hydrogen-bond donors (Lipinski definition) is 0. The number of carbonyl (C=O) groups excluding carboxylic acids is 1. The lowest BCUT2D eigenvalue weighted by Crippen LogP contribution is -2.56. The normalized spacial score (nSPS) is 20.6. The van der Waals surface area contributed by atoms with Crippen molar-refractivity contribution in [3.63, 3.8) is 0 Å². The van der Waals surface area contributed by atoms with Crippen molar-refractivity contribution in [1.29, 1.82) is 10.5 Å². The highest BCUT2D eigenvalue weighted by atomic mass is 35.5. The number of amides is 1. The number of ether oxygens (including phenoxy) is 1. The monoisotopic (exact) mass is 624 g/mol. The molecule has 2 saturated heterocycles. The number of allylic oxidation sites excluding steroid dienone is 1. The van der Waals surface area contributed by atoms with Gasteiger partial charge in [-0.15, -0.1) is 0 Å². The summed E-state index contributed by atoms with van der Waals surface area (Å²) in [7, 11) is 2.12. The Labute approximate surface area is 269 Å². The average Bonchev–Trinajstić information content (AvgIpc) is 3.47. The van der Waals surface area contributed by atoms with E-state index in [0.29, 0.717) is 44.8 Å². The van der Waals surface area contributed by atoms with Crippen molar-refractivity contribution in [2.24, 2.45) is 0 Å². The van der Waals surface area contributed by atoms with Gasteiger partial charge in [0.1, 0.15) is 24.1 Å². The average molecular weight is 625 g/mol. The largest absolute Gasteiger partial charge is 0.462 e. The van der Waals surface area contributed by atoms with Crippen LogP contribution in [0.1, 0.15) is 37.4 Å². The van der Waals surface area contributed by atoms with E-state index in [-0.39, 0.29) is 23.9 Å². The van der Waals surface area contributed by atoms with Gasteiger partial charge in [0.15, 0.2) is 0 Å². The third kappa shape index (κ3) is 6.13. The molecule has 45 heavy (non-hydrogen) atoms. The van der Waals surface area contributed by atoms with E-state index in [1.165, 1.54) is 6.08 Å². The van der Waals surface area contributed by atoms with E-state index in [4.69, 9.17) is 26.3 Å². The third-order valence-corrected chi connectivity index (χ3v) is 9.60. The van der Waals surface area contributed by atoms with Gasteiger partial charge in [0, 0.05) is 48.9 Å². The van der Waals surface area contributed by atoms with E-state index < -0.39 is 0 Å². The van der Waals surface area contributed by atoms with Gasteiger partial charge >= 0.3 is 6.01 Å². The molecule has 3 aliphatic heterocycles. The van der Waals surface area contributed by atoms with Crippen LogP contribution in [-0.4, -0.2) is 84.1 Å². The van der Waals surface area contributed by atoms with E-state index in [1.54, 1.807) is 11.8 Å². The fraction of sp³-hybridized carbons (Fsp3) is 0.441. The minimum Gasteiger partial charge on any atom is -0.462 e. The summed E-state index contributed by atoms with van der Waals surface area (Å²) in [5.41, 5.74) is 3.12. The lowest BCUT2D eigenvalue weighted by molar-refractivity contribution is -0.129. The number of carbonyl (C=O) groups is 1. The van der Waals surface area contributed by atoms with Gasteiger partial charge in [0.25, 0.3) is 5.91 Å². The number of nitrogens with zero attached hydrogens (tertiary/aromatic N) is 8. The van der Waals surface area contributed by atoms with Crippen LogP contribution in [0.15, 0.2) is 48.0 Å². The van der Waals surface area contributed by atoms with E-state index in [1.807, 2.05) is 18.2 Å². The number of rotatable bonds is 7. The second-order valence-electron chi connectivity index (χ2n) is 11.9. The van der Waals surface area contributed by atoms with E-state index in [2.05, 4.69) is 52.1 Å². The molecule has 0 aliphatic carbocycles. The Kier molecular flexibility index (Phi) is 9.07. The summed E-state index contributed by atoms with van der Waals surface area (Å²) in [6.45, 7) is 5.90. The Morgan fingerprint density at radius 2 is 1.91 bits per heavy atom. The van der Waals surface area contributed by atoms with Crippen LogP contribution in [0, 0.1) is 22.7 Å². The van der Waals surface area contributed by atoms with Crippen molar-refractivity contribution in [2.75, 3.05) is 56.2 Å². The fourth-order valence-corrected chi connectivity index (χ4v) is 7.08. The predicted octanol–water partition coefficient (Wildman–Crippen LogP) is 4.72. The highest BCUT2D eigenvalue weighted by molar-refractivity contribution is 6.36. The number of nitriles is 2. The quantitative estimate of drug-likeness (QED) is 0.272. The number of likely N-dealkylation sites (N-methyl/N-ethyl adjacent to an activating group) is 1. The maximum Gasteiger partial charge on any atom is 0.318 e. The maximum atomic E-state index is 13.1. The molecule has 2 fully saturated rings. The van der Waals surface area contributed by atoms with Gasteiger partial charge in [-0.3, -0.25) is 4.79 Å². The lowest BCUT2D eigenvalue weighted by Gasteiger charge is -2.42. The van der Waals surface area contributed by atoms with Crippen LogP contribution in [0.3, 0.4) is 0 Å². The number of aromatic nitrogens is 2. The molecule has 2 atom stereocenters. The van der Waals surface area contributed by atoms with Crippen molar-refractivity contribution in [2.45, 2.75) is 51.2 Å². The highest BCUT2D eigenvalue weighted by Crippen LogP contribution is 2.37. The summed E-state index contributed by atoms with van der Waals surface area (Å²) in [5.74, 6) is 0.464. The van der Waals surface area contributed by atoms with E-state index in [9.17, 15) is 15.3 Å². The SMILES string of the molecule is CC=C(C#N)C(=O)N1CCN(c2nc(OC[C@@H]3CCCN3C)nc3c2CCN(c2cccc4cccc(Cl)c24)C3)C[C@@H]1CC#N. The minimum atomic E-state index is -0.375. The minimum absolute atomic E-state index is 0.0898. The number of hydrogen-bond acceptors (Lipinski definition) is 9. The molecule has 2 aromatic carbocycles. The molecule has 0 unspecified atom stereocenters. The van der Waals surface area contributed by atoms with Gasteiger partial charge < -0.3 is 24.3 Å². The molecule has 3 aromatic rings. The molecule has 6 rings (SSSR count). The first-order valence-electron chi connectivity index (χ1n) is 15.6. The van der Waals surface area contributed by atoms with Gasteiger partial charge in [-0.1, -0.05) is 41.9 Å². The maximum absolute atomic E-state index is 13.1. The molecule has 3 aliphatic rings. The Morgan fingerprint density at radius 1 is 1.09 bits per heavy atom. The summed E-state index contributed by atoms with van der Waals surface area (Å²) in [5, 5.41) is 21.9. The molecule has 0 radical (unpaired) electrons. The molecule has 11 heteroatoms. The number of fused-ring (bicyclic) bond motifs is 2. The standard InChI is InChI=1S/C34H37ClN8O2/c1-3-23(19-37)33(44)43-18-17-42(20-25(43)12-14-36)32-27-13-16-41(30-11-5-8-24-7-4-10-28(35)31(24)30)21-29(27)38-34(39-32)45-22-26-9-6-15-40(26)2/h3-5,7-8,10-11,25-26H,6,9,12-13,15-18,20-22H2,1-2H3/t25-,26-/m0/s1. The molecule has 10 nitrogen and oxygen atoms in total. The number of piperazine rings is 1. The highest BCUT2D eigenvalue weighted by Gasteiger charge is 2.35. The molecular formula is C34H37ClN8O2. The van der Waals surface area contributed by atoms with Crippen LogP contribution >= 0.6 is 11.6 Å². The van der Waals surface area contributed by atoms with Crippen LogP contribution in [-0.2, 0) is 17.8 Å². The summed E-state index contributed by atoms with van der Waals surface area (Å²) in [6, 6.07) is 16.7. The number of anilines is 2. The zero-order valence-corrected chi connectivity index (χ0v) is 26.5. The summed E-state index contributed by atoms with van der Waals surface area (Å²) in [4.78, 5) is 31.5. The topological polar surface area (TPSA) is 113 Å². The predicted molar refractivity (Wildman–Crippen MR) is 174 cm³/mol. The lowest BCUT2D eigenvalue weighted by atomic mass is 10.0. The van der Waals surface area contributed by atoms with Gasteiger partial charge in [-0.25, -0.2) is 0 Å². The van der Waals surface area contributed by atoms with E-state index in [0.717, 1.165) is 70.9 Å². The second kappa shape index (κ2) is 13.3. The fourth-order valence-electron chi connectivity index (χ4n) is 6.81. The third-order valence-electron chi connectivity index (χ3n) is 9.28. The Bertz CT molecular complexity index is 1710. The van der Waals surface area contributed by atoms with Crippen LogP contribution < -0.4 is 14.5 Å².